The van der Waals surface area contributed by atoms with Crippen molar-refractivity contribution in [3.63, 3.8) is 0 Å². The van der Waals surface area contributed by atoms with Crippen LogP contribution in [0.5, 0.6) is 0 Å². The smallest absolute Gasteiger partial charge is 0.236 e. The second-order valence-corrected chi connectivity index (χ2v) is 2.51. The van der Waals surface area contributed by atoms with Crippen LogP contribution in [0, 0.1) is 0 Å². The normalized spacial score (nSPS) is 12.6. The van der Waals surface area contributed by atoms with Crippen LogP contribution in [0.3, 0.4) is 0 Å². The largest absolute Gasteiger partial charge is 0.358 e. The summed E-state index contributed by atoms with van der Waals surface area (Å²) in [5, 5.41) is 2.50. The maximum Gasteiger partial charge on any atom is 0.236 e. The van der Waals surface area contributed by atoms with Crippen LogP contribution in [-0.2, 0) is 4.79 Å². The zero-order valence-electron chi connectivity index (χ0n) is 6.97. The molecule has 0 aromatic carbocycles. The van der Waals surface area contributed by atoms with Gasteiger partial charge in [0, 0.05) is 7.05 Å². The number of nitrogens with one attached hydrogen (secondary N) is 1. The van der Waals surface area contributed by atoms with Crippen molar-refractivity contribution >= 4 is 5.91 Å². The molecule has 0 rings (SSSR count). The van der Waals surface area contributed by atoms with Crippen LogP contribution >= 0.6 is 0 Å². The Balaban J connectivity index is 3.36. The third kappa shape index (κ3) is 4.75. The fourth-order valence-corrected chi connectivity index (χ4v) is 0.825. The van der Waals surface area contributed by atoms with Crippen LogP contribution in [0.25, 0.3) is 0 Å². The van der Waals surface area contributed by atoms with Gasteiger partial charge < -0.3 is 16.8 Å². The first-order valence-corrected chi connectivity index (χ1v) is 3.89. The zero-order chi connectivity index (χ0) is 8.69. The predicted molar refractivity (Wildman–Crippen MR) is 44.9 cm³/mol. The Morgan fingerprint density at radius 2 is 2.18 bits per heavy atom. The third-order valence-electron chi connectivity index (χ3n) is 1.55. The van der Waals surface area contributed by atoms with E-state index >= 15 is 0 Å². The van der Waals surface area contributed by atoms with Crippen LogP contribution in [0.2, 0.25) is 0 Å². The van der Waals surface area contributed by atoms with Crippen molar-refractivity contribution < 1.29 is 4.79 Å². The summed E-state index contributed by atoms with van der Waals surface area (Å²) in [5.74, 6) is -0.0954. The predicted octanol–water partition coefficient (Wildman–Crippen LogP) is -0.811. The van der Waals surface area contributed by atoms with Crippen molar-refractivity contribution in [2.45, 2.75) is 25.3 Å². The molecular weight excluding hydrogens is 142 g/mol. The van der Waals surface area contributed by atoms with Crippen molar-refractivity contribution in [2.24, 2.45) is 11.5 Å². The Hall–Kier alpha value is -0.610. The van der Waals surface area contributed by atoms with Gasteiger partial charge in [-0.1, -0.05) is 6.42 Å². The molecule has 0 aliphatic carbocycles. The number of carbonyl (C=O) groups excluding carboxylic acids is 1. The molecule has 0 aliphatic rings. The summed E-state index contributed by atoms with van der Waals surface area (Å²) < 4.78 is 0. The van der Waals surface area contributed by atoms with E-state index in [1.165, 1.54) is 0 Å². The molecule has 0 unspecified atom stereocenters. The van der Waals surface area contributed by atoms with Crippen LogP contribution in [-0.4, -0.2) is 25.5 Å². The summed E-state index contributed by atoms with van der Waals surface area (Å²) in [6.45, 7) is 0.667. The lowest BCUT2D eigenvalue weighted by molar-refractivity contribution is -0.122. The average Bonchev–Trinajstić information content (AvgIpc) is 2.03. The van der Waals surface area contributed by atoms with Gasteiger partial charge in [-0.2, -0.15) is 0 Å². The fraction of sp³-hybridized carbons (Fsp3) is 0.857. The number of nitrogens with two attached hydrogens (primary N) is 2. The van der Waals surface area contributed by atoms with Crippen LogP contribution in [0.15, 0.2) is 0 Å². The zero-order valence-corrected chi connectivity index (χ0v) is 6.97. The molecule has 0 aromatic rings. The first-order chi connectivity index (χ1) is 5.22. The summed E-state index contributed by atoms with van der Waals surface area (Å²) in [7, 11) is 1.59. The molecule has 1 atom stereocenters. The summed E-state index contributed by atoms with van der Waals surface area (Å²) in [4.78, 5) is 10.8. The number of amides is 1. The number of carbonyl (C=O) groups is 1. The second-order valence-electron chi connectivity index (χ2n) is 2.51. The topological polar surface area (TPSA) is 81.1 Å². The lowest BCUT2D eigenvalue weighted by Gasteiger charge is -2.08. The minimum absolute atomic E-state index is 0.0954. The Bertz CT molecular complexity index is 116. The van der Waals surface area contributed by atoms with Gasteiger partial charge in [-0.25, -0.2) is 0 Å². The van der Waals surface area contributed by atoms with Gasteiger partial charge in [-0.15, -0.1) is 0 Å². The second kappa shape index (κ2) is 6.12. The van der Waals surface area contributed by atoms with Crippen LogP contribution < -0.4 is 16.8 Å². The number of likely N-dealkylation sites (N-methyl/N-ethyl adjacent to an activating group) is 1. The summed E-state index contributed by atoms with van der Waals surface area (Å²) in [6.07, 6.45) is 2.58. The molecule has 11 heavy (non-hydrogen) atoms. The van der Waals surface area contributed by atoms with Gasteiger partial charge in [-0.05, 0) is 19.4 Å². The molecule has 0 bridgehead atoms. The Morgan fingerprint density at radius 1 is 1.55 bits per heavy atom. The molecule has 0 saturated carbocycles. The Kier molecular flexibility index (Phi) is 5.78. The quantitative estimate of drug-likeness (QED) is 0.459. The average molecular weight is 159 g/mol. The van der Waals surface area contributed by atoms with E-state index in [2.05, 4.69) is 5.32 Å². The van der Waals surface area contributed by atoms with Crippen molar-refractivity contribution in [2.75, 3.05) is 13.6 Å². The van der Waals surface area contributed by atoms with E-state index < -0.39 is 0 Å². The van der Waals surface area contributed by atoms with E-state index in [1.54, 1.807) is 7.05 Å². The van der Waals surface area contributed by atoms with Gasteiger partial charge in [0.1, 0.15) is 0 Å². The van der Waals surface area contributed by atoms with E-state index in [1.807, 2.05) is 0 Å². The van der Waals surface area contributed by atoms with Gasteiger partial charge in [0.25, 0.3) is 0 Å². The maximum atomic E-state index is 10.8. The van der Waals surface area contributed by atoms with Crippen molar-refractivity contribution in [3.05, 3.63) is 0 Å². The third-order valence-corrected chi connectivity index (χ3v) is 1.55. The highest BCUT2D eigenvalue weighted by Gasteiger charge is 2.09. The molecule has 1 amide bonds. The van der Waals surface area contributed by atoms with E-state index in [-0.39, 0.29) is 11.9 Å². The first kappa shape index (κ1) is 10.4. The van der Waals surface area contributed by atoms with Gasteiger partial charge in [0.15, 0.2) is 0 Å². The van der Waals surface area contributed by atoms with Crippen molar-refractivity contribution in [1.82, 2.24) is 5.32 Å². The van der Waals surface area contributed by atoms with E-state index in [0.717, 1.165) is 19.3 Å². The number of hydrogen-bond donors (Lipinski definition) is 3. The first-order valence-electron chi connectivity index (χ1n) is 3.89. The molecule has 0 saturated heterocycles. The highest BCUT2D eigenvalue weighted by molar-refractivity contribution is 5.81. The van der Waals surface area contributed by atoms with Crippen LogP contribution in [0.4, 0.5) is 0 Å². The Labute approximate surface area is 67.3 Å². The molecule has 0 radical (unpaired) electrons. The van der Waals surface area contributed by atoms with Gasteiger partial charge in [0.2, 0.25) is 5.91 Å². The Morgan fingerprint density at radius 3 is 2.64 bits per heavy atom. The van der Waals surface area contributed by atoms with E-state index in [4.69, 9.17) is 11.5 Å². The van der Waals surface area contributed by atoms with E-state index in [0.29, 0.717) is 6.54 Å². The van der Waals surface area contributed by atoms with Crippen molar-refractivity contribution in [3.8, 4) is 0 Å². The van der Waals surface area contributed by atoms with E-state index in [9.17, 15) is 4.79 Å². The molecular formula is C7H17N3O. The molecule has 4 nitrogen and oxygen atoms in total. The number of rotatable bonds is 5. The lowest BCUT2D eigenvalue weighted by atomic mass is 10.1. The van der Waals surface area contributed by atoms with Gasteiger partial charge in [0.05, 0.1) is 6.04 Å². The van der Waals surface area contributed by atoms with Crippen molar-refractivity contribution in [1.29, 1.82) is 0 Å². The highest BCUT2D eigenvalue weighted by Crippen LogP contribution is 1.97. The molecule has 4 heteroatoms. The standard InChI is InChI=1S/C7H17N3O/c1-10-7(11)6(9)4-2-3-5-8/h6H,2-5,8-9H2,1H3,(H,10,11)/t6-/m1/s1. The highest BCUT2D eigenvalue weighted by atomic mass is 16.2. The molecule has 5 N–H and O–H groups in total. The minimum atomic E-state index is -0.369. The lowest BCUT2D eigenvalue weighted by Crippen LogP contribution is -2.38. The molecule has 66 valence electrons. The monoisotopic (exact) mass is 159 g/mol. The molecule has 0 aliphatic heterocycles. The summed E-state index contributed by atoms with van der Waals surface area (Å²) >= 11 is 0. The number of unbranched alkanes of at least 4 members (excludes halogenated alkanes) is 1. The van der Waals surface area contributed by atoms with Gasteiger partial charge in [-0.3, -0.25) is 4.79 Å². The SMILES string of the molecule is CNC(=O)[C@H](N)CCCCN. The summed E-state index contributed by atoms with van der Waals surface area (Å²) in [6, 6.07) is -0.369. The minimum Gasteiger partial charge on any atom is -0.358 e. The molecule has 0 fully saturated rings. The molecule has 0 aromatic heterocycles. The van der Waals surface area contributed by atoms with Crippen LogP contribution in [0.1, 0.15) is 19.3 Å². The van der Waals surface area contributed by atoms with Gasteiger partial charge >= 0.3 is 0 Å². The molecule has 0 heterocycles. The number of hydrogen-bond acceptors (Lipinski definition) is 3. The summed E-state index contributed by atoms with van der Waals surface area (Å²) in [5.41, 5.74) is 10.8. The fourth-order valence-electron chi connectivity index (χ4n) is 0.825. The maximum absolute atomic E-state index is 10.8. The molecule has 0 spiro atoms.